The van der Waals surface area contributed by atoms with Gasteiger partial charge in [-0.15, -0.1) is 0 Å². The average molecular weight is 264 g/mol. The molecule has 0 aromatic carbocycles. The zero-order chi connectivity index (χ0) is 10.4. The molecule has 0 aromatic heterocycles. The van der Waals surface area contributed by atoms with Gasteiger partial charge in [0, 0.05) is 25.0 Å². The van der Waals surface area contributed by atoms with Crippen LogP contribution in [0.2, 0.25) is 0 Å². The number of alkyl halides is 1. The van der Waals surface area contributed by atoms with E-state index in [1.807, 2.05) is 0 Å². The lowest BCUT2D eigenvalue weighted by Crippen LogP contribution is -2.28. The third-order valence-electron chi connectivity index (χ3n) is 2.55. The van der Waals surface area contributed by atoms with Gasteiger partial charge in [0.15, 0.2) is 0 Å². The standard InChI is InChI=1S/C11H22BrNO/c1-10(7-12)8-13(2)5-6-14-9-11-3-4-11/h10-11H,3-9H2,1-2H3. The molecule has 3 heteroatoms. The molecule has 1 atom stereocenters. The van der Waals surface area contributed by atoms with E-state index in [1.165, 1.54) is 12.8 Å². The summed E-state index contributed by atoms with van der Waals surface area (Å²) in [6, 6.07) is 0. The molecule has 2 nitrogen and oxygen atoms in total. The monoisotopic (exact) mass is 263 g/mol. The van der Waals surface area contributed by atoms with Gasteiger partial charge in [-0.25, -0.2) is 0 Å². The number of ether oxygens (including phenoxy) is 1. The number of hydrogen-bond acceptors (Lipinski definition) is 2. The molecule has 1 unspecified atom stereocenters. The van der Waals surface area contributed by atoms with E-state index in [9.17, 15) is 0 Å². The lowest BCUT2D eigenvalue weighted by Gasteiger charge is -2.19. The Bertz CT molecular complexity index is 150. The van der Waals surface area contributed by atoms with Crippen molar-refractivity contribution in [2.24, 2.45) is 11.8 Å². The van der Waals surface area contributed by atoms with Gasteiger partial charge in [0.2, 0.25) is 0 Å². The molecule has 1 aliphatic carbocycles. The fraction of sp³-hybridized carbons (Fsp3) is 1.00. The van der Waals surface area contributed by atoms with Gasteiger partial charge in [0.05, 0.1) is 6.61 Å². The molecular weight excluding hydrogens is 242 g/mol. The van der Waals surface area contributed by atoms with Crippen LogP contribution in [0, 0.1) is 11.8 Å². The summed E-state index contributed by atoms with van der Waals surface area (Å²) in [5.41, 5.74) is 0. The Hall–Kier alpha value is 0.400. The van der Waals surface area contributed by atoms with Crippen LogP contribution in [-0.4, -0.2) is 43.6 Å². The molecule has 84 valence electrons. The van der Waals surface area contributed by atoms with Crippen molar-refractivity contribution in [3.63, 3.8) is 0 Å². The van der Waals surface area contributed by atoms with Gasteiger partial charge in [-0.2, -0.15) is 0 Å². The van der Waals surface area contributed by atoms with Gasteiger partial charge in [-0.05, 0) is 31.7 Å². The van der Waals surface area contributed by atoms with Crippen molar-refractivity contribution in [1.29, 1.82) is 0 Å². The van der Waals surface area contributed by atoms with E-state index in [0.717, 1.165) is 43.5 Å². The number of halogens is 1. The largest absolute Gasteiger partial charge is 0.380 e. The Labute approximate surface area is 96.1 Å². The minimum atomic E-state index is 0.725. The molecule has 0 bridgehead atoms. The lowest BCUT2D eigenvalue weighted by atomic mass is 10.2. The second kappa shape index (κ2) is 6.81. The van der Waals surface area contributed by atoms with E-state index >= 15 is 0 Å². The van der Waals surface area contributed by atoms with Crippen LogP contribution in [0.1, 0.15) is 19.8 Å². The van der Waals surface area contributed by atoms with Crippen LogP contribution in [0.4, 0.5) is 0 Å². The van der Waals surface area contributed by atoms with E-state index in [4.69, 9.17) is 4.74 Å². The summed E-state index contributed by atoms with van der Waals surface area (Å²) in [4.78, 5) is 2.35. The summed E-state index contributed by atoms with van der Waals surface area (Å²) in [5, 5.41) is 1.08. The highest BCUT2D eigenvalue weighted by atomic mass is 79.9. The first-order valence-electron chi connectivity index (χ1n) is 5.54. The van der Waals surface area contributed by atoms with Crippen LogP contribution >= 0.6 is 15.9 Å². The van der Waals surface area contributed by atoms with E-state index in [0.29, 0.717) is 0 Å². The molecule has 0 aliphatic heterocycles. The molecule has 1 aliphatic rings. The third kappa shape index (κ3) is 5.99. The smallest absolute Gasteiger partial charge is 0.0593 e. The maximum Gasteiger partial charge on any atom is 0.0593 e. The molecule has 0 saturated heterocycles. The Balaban J connectivity index is 1.88. The third-order valence-corrected chi connectivity index (χ3v) is 3.66. The maximum absolute atomic E-state index is 5.59. The van der Waals surface area contributed by atoms with Crippen LogP contribution < -0.4 is 0 Å². The first-order chi connectivity index (χ1) is 6.72. The van der Waals surface area contributed by atoms with Crippen LogP contribution in [0.25, 0.3) is 0 Å². The Morgan fingerprint density at radius 2 is 2.21 bits per heavy atom. The maximum atomic E-state index is 5.59. The molecule has 0 N–H and O–H groups in total. The zero-order valence-electron chi connectivity index (χ0n) is 9.34. The number of nitrogens with zero attached hydrogens (tertiary/aromatic N) is 1. The second-order valence-corrected chi connectivity index (χ2v) is 5.19. The molecule has 1 rings (SSSR count). The van der Waals surface area contributed by atoms with E-state index in [2.05, 4.69) is 34.8 Å². The summed E-state index contributed by atoms with van der Waals surface area (Å²) >= 11 is 3.49. The summed E-state index contributed by atoms with van der Waals surface area (Å²) < 4.78 is 5.59. The lowest BCUT2D eigenvalue weighted by molar-refractivity contribution is 0.101. The minimum absolute atomic E-state index is 0.725. The highest BCUT2D eigenvalue weighted by molar-refractivity contribution is 9.09. The molecule has 0 spiro atoms. The summed E-state index contributed by atoms with van der Waals surface area (Å²) in [5.74, 6) is 1.62. The summed E-state index contributed by atoms with van der Waals surface area (Å²) in [6.45, 7) is 6.35. The number of hydrogen-bond donors (Lipinski definition) is 0. The normalized spacial score (nSPS) is 18.9. The molecule has 1 saturated carbocycles. The summed E-state index contributed by atoms with van der Waals surface area (Å²) in [7, 11) is 2.17. The topological polar surface area (TPSA) is 12.5 Å². The van der Waals surface area contributed by atoms with Crippen molar-refractivity contribution in [2.75, 3.05) is 38.7 Å². The highest BCUT2D eigenvalue weighted by Crippen LogP contribution is 2.28. The van der Waals surface area contributed by atoms with Crippen molar-refractivity contribution >= 4 is 15.9 Å². The van der Waals surface area contributed by atoms with Crippen molar-refractivity contribution in [1.82, 2.24) is 4.90 Å². The highest BCUT2D eigenvalue weighted by Gasteiger charge is 2.20. The first-order valence-corrected chi connectivity index (χ1v) is 6.66. The molecule has 1 fully saturated rings. The molecule has 0 radical (unpaired) electrons. The zero-order valence-corrected chi connectivity index (χ0v) is 10.9. The van der Waals surface area contributed by atoms with Gasteiger partial charge in [0.25, 0.3) is 0 Å². The number of rotatable bonds is 8. The van der Waals surface area contributed by atoms with Crippen LogP contribution in [0.15, 0.2) is 0 Å². The summed E-state index contributed by atoms with van der Waals surface area (Å²) in [6.07, 6.45) is 2.77. The van der Waals surface area contributed by atoms with E-state index in [-0.39, 0.29) is 0 Å². The fourth-order valence-electron chi connectivity index (χ4n) is 1.43. The number of likely N-dealkylation sites (N-methyl/N-ethyl adjacent to an activating group) is 1. The molecule has 0 amide bonds. The average Bonchev–Trinajstić information content (AvgIpc) is 2.96. The SMILES string of the molecule is CC(CBr)CN(C)CCOCC1CC1. The first kappa shape index (κ1) is 12.5. The van der Waals surface area contributed by atoms with Gasteiger partial charge < -0.3 is 9.64 Å². The Kier molecular flexibility index (Phi) is 6.06. The van der Waals surface area contributed by atoms with Gasteiger partial charge in [-0.3, -0.25) is 0 Å². The Morgan fingerprint density at radius 3 is 2.79 bits per heavy atom. The van der Waals surface area contributed by atoms with E-state index in [1.54, 1.807) is 0 Å². The van der Waals surface area contributed by atoms with Crippen molar-refractivity contribution in [3.8, 4) is 0 Å². The fourth-order valence-corrected chi connectivity index (χ4v) is 1.63. The molecule has 0 heterocycles. The van der Waals surface area contributed by atoms with E-state index < -0.39 is 0 Å². The van der Waals surface area contributed by atoms with Gasteiger partial charge in [-0.1, -0.05) is 22.9 Å². The Morgan fingerprint density at radius 1 is 1.50 bits per heavy atom. The quantitative estimate of drug-likeness (QED) is 0.493. The van der Waals surface area contributed by atoms with Crippen LogP contribution in [0.3, 0.4) is 0 Å². The van der Waals surface area contributed by atoms with Crippen molar-refractivity contribution in [2.45, 2.75) is 19.8 Å². The molecular formula is C11H22BrNO. The predicted molar refractivity (Wildman–Crippen MR) is 64.0 cm³/mol. The van der Waals surface area contributed by atoms with Gasteiger partial charge in [0.1, 0.15) is 0 Å². The van der Waals surface area contributed by atoms with Crippen LogP contribution in [0.5, 0.6) is 0 Å². The second-order valence-electron chi connectivity index (χ2n) is 4.54. The van der Waals surface area contributed by atoms with Gasteiger partial charge >= 0.3 is 0 Å². The minimum Gasteiger partial charge on any atom is -0.380 e. The van der Waals surface area contributed by atoms with Crippen molar-refractivity contribution < 1.29 is 4.74 Å². The van der Waals surface area contributed by atoms with Crippen molar-refractivity contribution in [3.05, 3.63) is 0 Å². The predicted octanol–water partition coefficient (Wildman–Crippen LogP) is 2.38. The molecule has 0 aromatic rings. The van der Waals surface area contributed by atoms with Crippen LogP contribution in [-0.2, 0) is 4.74 Å². The molecule has 14 heavy (non-hydrogen) atoms.